The fraction of sp³-hybridized carbons (Fsp3) is 0.318. The van der Waals surface area contributed by atoms with Gasteiger partial charge in [0.05, 0.1) is 40.6 Å². The Balaban J connectivity index is 1.69. The number of aliphatic hydroxyl groups excluding tert-OH is 1. The summed E-state index contributed by atoms with van der Waals surface area (Å²) in [6.45, 7) is 1.43. The van der Waals surface area contributed by atoms with Gasteiger partial charge in [0.15, 0.2) is 0 Å². The monoisotopic (exact) mass is 509 g/mol. The lowest BCUT2D eigenvalue weighted by Gasteiger charge is -2.47. The van der Waals surface area contributed by atoms with Gasteiger partial charge in [0, 0.05) is 34.2 Å². The van der Waals surface area contributed by atoms with Gasteiger partial charge in [-0.15, -0.1) is 11.3 Å². The summed E-state index contributed by atoms with van der Waals surface area (Å²) >= 11 is 1.27. The number of carboxylic acids is 1. The predicted molar refractivity (Wildman–Crippen MR) is 127 cm³/mol. The Bertz CT molecular complexity index is 1480. The number of non-ortho nitro benzene ring substituents is 1. The van der Waals surface area contributed by atoms with Crippen molar-refractivity contribution in [2.24, 2.45) is 17.0 Å². The zero-order chi connectivity index (χ0) is 25.7. The molecule has 4 heterocycles. The predicted octanol–water partition coefficient (Wildman–Crippen LogP) is 2.99. The number of thiazole rings is 1. The van der Waals surface area contributed by atoms with E-state index < -0.39 is 40.8 Å². The van der Waals surface area contributed by atoms with Crippen LogP contribution in [0.4, 0.5) is 5.69 Å². The van der Waals surface area contributed by atoms with E-state index in [0.717, 1.165) is 0 Å². The molecular formula is C22H19N7O6S. The average Bonchev–Trinajstić information content (AvgIpc) is 3.48. The van der Waals surface area contributed by atoms with Gasteiger partial charge in [-0.05, 0) is 24.4 Å². The summed E-state index contributed by atoms with van der Waals surface area (Å²) in [7, 11) is 0. The molecule has 2 aliphatic rings. The van der Waals surface area contributed by atoms with Crippen LogP contribution in [0.15, 0.2) is 47.6 Å². The van der Waals surface area contributed by atoms with Crippen LogP contribution in [0.1, 0.15) is 23.1 Å². The third-order valence-corrected chi connectivity index (χ3v) is 7.86. The summed E-state index contributed by atoms with van der Waals surface area (Å²) < 4.78 is 1.72. The number of carboxylic acid groups (broad SMARTS) is 1. The second-order valence-electron chi connectivity index (χ2n) is 8.64. The summed E-state index contributed by atoms with van der Waals surface area (Å²) in [6, 6.07) is 5.33. The second kappa shape index (κ2) is 8.75. The lowest BCUT2D eigenvalue weighted by molar-refractivity contribution is -0.384. The molecule has 14 heteroatoms. The number of hydrogen-bond donors (Lipinski definition) is 2. The van der Waals surface area contributed by atoms with Crippen LogP contribution in [0.3, 0.4) is 0 Å². The molecule has 2 aliphatic heterocycles. The topological polar surface area (TPSA) is 187 Å². The van der Waals surface area contributed by atoms with Crippen molar-refractivity contribution < 1.29 is 24.7 Å². The normalized spacial score (nSPS) is 21.8. The van der Waals surface area contributed by atoms with Gasteiger partial charge in [0.2, 0.25) is 5.91 Å². The molecule has 1 amide bonds. The van der Waals surface area contributed by atoms with Crippen LogP contribution in [0.2, 0.25) is 0 Å². The van der Waals surface area contributed by atoms with Crippen LogP contribution in [-0.2, 0) is 22.6 Å². The Labute approximate surface area is 206 Å². The molecule has 0 radical (unpaired) electrons. The molecule has 0 saturated carbocycles. The molecule has 0 bridgehead atoms. The number of amides is 1. The number of β-lactam (4-membered cyclic amide) rings is 1. The fourth-order valence-electron chi connectivity index (χ4n) is 5.21. The number of hydrogen-bond acceptors (Lipinski definition) is 8. The van der Waals surface area contributed by atoms with Gasteiger partial charge in [0.25, 0.3) is 5.69 Å². The van der Waals surface area contributed by atoms with Crippen molar-refractivity contribution in [1.82, 2.24) is 14.3 Å². The quantitative estimate of drug-likeness (QED) is 0.117. The highest BCUT2D eigenvalue weighted by molar-refractivity contribution is 7.18. The van der Waals surface area contributed by atoms with E-state index in [1.54, 1.807) is 22.7 Å². The molecule has 1 aromatic carbocycles. The minimum absolute atomic E-state index is 0.0682. The van der Waals surface area contributed by atoms with Crippen molar-refractivity contribution in [3.8, 4) is 0 Å². The number of carbonyl (C=O) groups excluding carboxylic acids is 1. The molecule has 5 rings (SSSR count). The molecule has 36 heavy (non-hydrogen) atoms. The molecule has 0 spiro atoms. The van der Waals surface area contributed by atoms with Crippen molar-refractivity contribution in [3.05, 3.63) is 79.2 Å². The van der Waals surface area contributed by atoms with Crippen LogP contribution >= 0.6 is 11.3 Å². The van der Waals surface area contributed by atoms with Crippen molar-refractivity contribution >= 4 is 39.3 Å². The van der Waals surface area contributed by atoms with E-state index in [1.807, 2.05) is 0 Å². The van der Waals surface area contributed by atoms with Crippen molar-refractivity contribution in [1.29, 1.82) is 0 Å². The zero-order valence-corrected chi connectivity index (χ0v) is 19.6. The maximum Gasteiger partial charge on any atom is 0.352 e. The van der Waals surface area contributed by atoms with Crippen LogP contribution in [0, 0.1) is 22.0 Å². The summed E-state index contributed by atoms with van der Waals surface area (Å²) in [5.74, 6) is -3.09. The Morgan fingerprint density at radius 2 is 2.11 bits per heavy atom. The van der Waals surface area contributed by atoms with Gasteiger partial charge in [-0.3, -0.25) is 19.3 Å². The number of aromatic nitrogens is 2. The highest BCUT2D eigenvalue weighted by atomic mass is 32.1. The number of nitro groups is 1. The van der Waals surface area contributed by atoms with Gasteiger partial charge >= 0.3 is 5.97 Å². The number of nitrogens with zero attached hydrogens (tertiary/aromatic N) is 7. The Hall–Kier alpha value is -4.26. The number of benzene rings is 1. The van der Waals surface area contributed by atoms with E-state index in [4.69, 9.17) is 5.53 Å². The number of fused-ring (bicyclic) bond motifs is 2. The Morgan fingerprint density at radius 1 is 1.39 bits per heavy atom. The highest BCUT2D eigenvalue weighted by Gasteiger charge is 2.61. The molecule has 3 aromatic rings. The first-order valence-corrected chi connectivity index (χ1v) is 11.7. The lowest BCUT2D eigenvalue weighted by Crippen LogP contribution is -2.64. The first-order chi connectivity index (χ1) is 17.2. The molecule has 1 fully saturated rings. The van der Waals surface area contributed by atoms with E-state index in [2.05, 4.69) is 15.0 Å². The van der Waals surface area contributed by atoms with Crippen molar-refractivity contribution in [2.75, 3.05) is 0 Å². The minimum Gasteiger partial charge on any atom is -0.477 e. The van der Waals surface area contributed by atoms with Gasteiger partial charge in [-0.2, -0.15) is 0 Å². The van der Waals surface area contributed by atoms with Crippen LogP contribution in [0.5, 0.6) is 0 Å². The molecule has 184 valence electrons. The van der Waals surface area contributed by atoms with E-state index >= 15 is 0 Å². The number of azide groups is 1. The van der Waals surface area contributed by atoms with Gasteiger partial charge < -0.3 is 15.1 Å². The number of aliphatic hydroxyl groups is 1. The van der Waals surface area contributed by atoms with Crippen LogP contribution in [0.25, 0.3) is 20.8 Å². The number of imidazole rings is 1. The SMILES string of the molecule is C[C@@H](O)[C@H]1C(=O)N2C(C(=O)O)=C(c3sc4cncn4c3CN=[N+]=[N-])C(Cc3ccc([N+](=O)[O-])cc3)[C@H]12. The molecule has 4 atom stereocenters. The van der Waals surface area contributed by atoms with Crippen LogP contribution in [-0.4, -0.2) is 53.4 Å². The Morgan fingerprint density at radius 3 is 2.72 bits per heavy atom. The first-order valence-electron chi connectivity index (χ1n) is 10.9. The fourth-order valence-corrected chi connectivity index (χ4v) is 6.42. The third kappa shape index (κ3) is 3.50. The van der Waals surface area contributed by atoms with Crippen LogP contribution < -0.4 is 0 Å². The average molecular weight is 510 g/mol. The Kier molecular flexibility index (Phi) is 5.71. The van der Waals surface area contributed by atoms with Gasteiger partial charge in [-0.25, -0.2) is 9.78 Å². The molecule has 13 nitrogen and oxygen atoms in total. The third-order valence-electron chi connectivity index (χ3n) is 6.69. The largest absolute Gasteiger partial charge is 0.477 e. The summed E-state index contributed by atoms with van der Waals surface area (Å²) in [5.41, 5.74) is 10.3. The number of aliphatic carboxylic acids is 1. The summed E-state index contributed by atoms with van der Waals surface area (Å²) in [4.78, 5) is 45.5. The van der Waals surface area contributed by atoms with E-state index in [1.165, 1.54) is 41.6 Å². The number of carbonyl (C=O) groups is 2. The first kappa shape index (κ1) is 23.5. The van der Waals surface area contributed by atoms with Gasteiger partial charge in [0.1, 0.15) is 16.9 Å². The maximum absolute atomic E-state index is 13.0. The zero-order valence-electron chi connectivity index (χ0n) is 18.8. The molecule has 2 N–H and O–H groups in total. The standard InChI is InChI=1S/C22H19N7O6S/c1-10(30)16-18-13(6-11-2-4-12(5-3-11)29(34)35)17(19(22(32)33)28(18)21(16)31)20-14(7-25-26-23)27-9-24-8-15(27)36-20/h2-5,8-10,13,16,18,30H,6-7H2,1H3,(H,32,33)/t10-,13?,16-,18-/m1/s1. The molecule has 2 aromatic heterocycles. The van der Waals surface area contributed by atoms with E-state index in [-0.39, 0.29) is 24.4 Å². The lowest BCUT2D eigenvalue weighted by atomic mass is 9.74. The van der Waals surface area contributed by atoms with Crippen molar-refractivity contribution in [2.45, 2.75) is 32.0 Å². The minimum atomic E-state index is -1.29. The summed E-state index contributed by atoms with van der Waals surface area (Å²) in [6.07, 6.45) is 2.41. The number of rotatable bonds is 8. The number of nitro benzene ring substituents is 1. The van der Waals surface area contributed by atoms with E-state index in [0.29, 0.717) is 26.5 Å². The second-order valence-corrected chi connectivity index (χ2v) is 9.67. The highest BCUT2D eigenvalue weighted by Crippen LogP contribution is 2.53. The smallest absolute Gasteiger partial charge is 0.352 e. The van der Waals surface area contributed by atoms with E-state index in [9.17, 15) is 29.9 Å². The molecular weight excluding hydrogens is 490 g/mol. The molecule has 0 aliphatic carbocycles. The molecule has 1 saturated heterocycles. The van der Waals surface area contributed by atoms with Gasteiger partial charge in [-0.1, -0.05) is 17.2 Å². The molecule has 1 unspecified atom stereocenters. The summed E-state index contributed by atoms with van der Waals surface area (Å²) in [5, 5.41) is 35.3. The maximum atomic E-state index is 13.0. The van der Waals surface area contributed by atoms with Crippen molar-refractivity contribution in [3.63, 3.8) is 0 Å².